The molecule has 0 aliphatic carbocycles. The van der Waals surface area contributed by atoms with Crippen molar-refractivity contribution < 1.29 is 19.3 Å². The zero-order chi connectivity index (χ0) is 12.1. The molecule has 0 radical (unpaired) electrons. The minimum absolute atomic E-state index is 0.375. The van der Waals surface area contributed by atoms with Crippen LogP contribution in [0.3, 0.4) is 0 Å². The van der Waals surface area contributed by atoms with E-state index < -0.39 is 0 Å². The third-order valence-electron chi connectivity index (χ3n) is 4.25. The van der Waals surface area contributed by atoms with Crippen molar-refractivity contribution in [1.82, 2.24) is 0 Å². The van der Waals surface area contributed by atoms with Gasteiger partial charge in [0.2, 0.25) is 0 Å². The fourth-order valence-electron chi connectivity index (χ4n) is 2.90. The minimum Gasteiger partial charge on any atom is -0.390 e. The molecule has 1 N–H and O–H groups in total. The highest BCUT2D eigenvalue weighted by atomic mass is 16.5. The molecule has 2 fully saturated rings. The van der Waals surface area contributed by atoms with Gasteiger partial charge in [0, 0.05) is 46.4 Å². The molecular formula is C13H24O4. The summed E-state index contributed by atoms with van der Waals surface area (Å²) in [4.78, 5) is 0. The monoisotopic (exact) mass is 244 g/mol. The highest BCUT2D eigenvalue weighted by Gasteiger charge is 2.40. The molecule has 1 atom stereocenters. The summed E-state index contributed by atoms with van der Waals surface area (Å²) in [6.07, 6.45) is 4.18. The van der Waals surface area contributed by atoms with Gasteiger partial charge in [0.05, 0.1) is 11.7 Å². The molecule has 0 aromatic carbocycles. The van der Waals surface area contributed by atoms with Crippen LogP contribution in [0.5, 0.6) is 0 Å². The molecule has 2 rings (SSSR count). The summed E-state index contributed by atoms with van der Waals surface area (Å²) in [5, 5.41) is 10.5. The summed E-state index contributed by atoms with van der Waals surface area (Å²) >= 11 is 0. The van der Waals surface area contributed by atoms with E-state index in [1.165, 1.54) is 0 Å². The van der Waals surface area contributed by atoms with Gasteiger partial charge in [-0.2, -0.15) is 0 Å². The molecular weight excluding hydrogens is 220 g/mol. The van der Waals surface area contributed by atoms with Crippen LogP contribution in [0.4, 0.5) is 0 Å². The number of methoxy groups -OCH3 is 1. The van der Waals surface area contributed by atoms with Crippen molar-refractivity contribution in [3.8, 4) is 0 Å². The number of aliphatic hydroxyl groups is 1. The van der Waals surface area contributed by atoms with Crippen molar-refractivity contribution in [3.63, 3.8) is 0 Å². The average Bonchev–Trinajstić information content (AvgIpc) is 2.40. The third kappa shape index (κ3) is 3.19. The van der Waals surface area contributed by atoms with Crippen molar-refractivity contribution >= 4 is 0 Å². The Morgan fingerprint density at radius 1 is 1.18 bits per heavy atom. The van der Waals surface area contributed by atoms with Crippen LogP contribution >= 0.6 is 0 Å². The third-order valence-corrected chi connectivity index (χ3v) is 4.25. The molecule has 0 bridgehead atoms. The van der Waals surface area contributed by atoms with Gasteiger partial charge in [-0.3, -0.25) is 0 Å². The van der Waals surface area contributed by atoms with E-state index in [0.717, 1.165) is 45.3 Å². The van der Waals surface area contributed by atoms with Crippen molar-refractivity contribution in [3.05, 3.63) is 0 Å². The van der Waals surface area contributed by atoms with Crippen LogP contribution in [0.2, 0.25) is 0 Å². The van der Waals surface area contributed by atoms with E-state index >= 15 is 0 Å². The molecule has 2 aliphatic rings. The van der Waals surface area contributed by atoms with E-state index in [1.54, 1.807) is 7.11 Å². The first kappa shape index (κ1) is 13.3. The second-order valence-corrected chi connectivity index (χ2v) is 5.19. The van der Waals surface area contributed by atoms with Crippen LogP contribution in [-0.2, 0) is 14.2 Å². The van der Waals surface area contributed by atoms with Crippen LogP contribution in [0.25, 0.3) is 0 Å². The second-order valence-electron chi connectivity index (χ2n) is 5.19. The Morgan fingerprint density at radius 2 is 1.76 bits per heavy atom. The molecule has 100 valence electrons. The van der Waals surface area contributed by atoms with Gasteiger partial charge in [-0.15, -0.1) is 0 Å². The lowest BCUT2D eigenvalue weighted by Gasteiger charge is -2.41. The fraction of sp³-hybridized carbons (Fsp3) is 1.00. The van der Waals surface area contributed by atoms with Gasteiger partial charge in [-0.25, -0.2) is 0 Å². The first-order valence-corrected chi connectivity index (χ1v) is 6.65. The Hall–Kier alpha value is -0.160. The number of aliphatic hydroxyl groups excluding tert-OH is 1. The molecule has 0 saturated carbocycles. The number of hydrogen-bond acceptors (Lipinski definition) is 4. The van der Waals surface area contributed by atoms with E-state index in [1.807, 2.05) is 0 Å². The molecule has 4 heteroatoms. The normalized spacial score (nSPS) is 27.9. The number of ether oxygens (including phenoxy) is 3. The maximum Gasteiger partial charge on any atom is 0.0980 e. The van der Waals surface area contributed by atoms with E-state index in [2.05, 4.69) is 0 Å². The summed E-state index contributed by atoms with van der Waals surface area (Å²) in [7, 11) is 1.71. The van der Waals surface area contributed by atoms with E-state index in [4.69, 9.17) is 14.2 Å². The summed E-state index contributed by atoms with van der Waals surface area (Å²) in [6.45, 7) is 3.05. The summed E-state index contributed by atoms with van der Waals surface area (Å²) in [5.74, 6) is 0.577. The first-order valence-electron chi connectivity index (χ1n) is 6.65. The SMILES string of the molecule is COC1(C(O)CC2CCOCC2)CCOCC1. The van der Waals surface area contributed by atoms with Crippen LogP contribution in [0, 0.1) is 5.92 Å². The predicted octanol–water partition coefficient (Wildman–Crippen LogP) is 1.36. The lowest BCUT2D eigenvalue weighted by Crippen LogP contribution is -2.49. The van der Waals surface area contributed by atoms with Crippen LogP contribution < -0.4 is 0 Å². The van der Waals surface area contributed by atoms with Crippen LogP contribution in [0.15, 0.2) is 0 Å². The Morgan fingerprint density at radius 3 is 2.35 bits per heavy atom. The topological polar surface area (TPSA) is 47.9 Å². The maximum absolute atomic E-state index is 10.5. The Kier molecular flexibility index (Phi) is 4.79. The van der Waals surface area contributed by atoms with Gasteiger partial charge in [0.1, 0.15) is 0 Å². The molecule has 2 heterocycles. The lowest BCUT2D eigenvalue weighted by atomic mass is 9.81. The first-order chi connectivity index (χ1) is 8.27. The van der Waals surface area contributed by atoms with Gasteiger partial charge in [-0.05, 0) is 25.2 Å². The predicted molar refractivity (Wildman–Crippen MR) is 64.0 cm³/mol. The van der Waals surface area contributed by atoms with Crippen molar-refractivity contribution in [2.45, 2.75) is 43.8 Å². The molecule has 2 saturated heterocycles. The minimum atomic E-state index is -0.378. The van der Waals surface area contributed by atoms with E-state index in [0.29, 0.717) is 19.1 Å². The Labute approximate surface area is 103 Å². The molecule has 0 aromatic rings. The largest absolute Gasteiger partial charge is 0.390 e. The summed E-state index contributed by atoms with van der Waals surface area (Å²) < 4.78 is 16.3. The Balaban J connectivity index is 1.89. The highest BCUT2D eigenvalue weighted by molar-refractivity contribution is 4.91. The molecule has 0 spiro atoms. The quantitative estimate of drug-likeness (QED) is 0.811. The molecule has 1 unspecified atom stereocenters. The maximum atomic E-state index is 10.5. The smallest absolute Gasteiger partial charge is 0.0980 e. The average molecular weight is 244 g/mol. The standard InChI is InChI=1S/C13H24O4/c1-15-13(4-8-17-9-5-13)12(14)10-11-2-6-16-7-3-11/h11-12,14H,2-10H2,1H3. The van der Waals surface area contributed by atoms with Gasteiger partial charge in [0.25, 0.3) is 0 Å². The fourth-order valence-corrected chi connectivity index (χ4v) is 2.90. The zero-order valence-corrected chi connectivity index (χ0v) is 10.7. The van der Waals surface area contributed by atoms with Crippen LogP contribution in [0.1, 0.15) is 32.1 Å². The lowest BCUT2D eigenvalue weighted by molar-refractivity contribution is -0.158. The Bertz CT molecular complexity index is 219. The van der Waals surface area contributed by atoms with Gasteiger partial charge >= 0.3 is 0 Å². The molecule has 0 amide bonds. The molecule has 0 aromatic heterocycles. The van der Waals surface area contributed by atoms with Crippen molar-refractivity contribution in [2.75, 3.05) is 33.5 Å². The van der Waals surface area contributed by atoms with Gasteiger partial charge in [0.15, 0.2) is 0 Å². The molecule has 4 nitrogen and oxygen atoms in total. The number of hydrogen-bond donors (Lipinski definition) is 1. The highest BCUT2D eigenvalue weighted by Crippen LogP contribution is 2.33. The summed E-state index contributed by atoms with van der Waals surface area (Å²) in [6, 6.07) is 0. The second kappa shape index (κ2) is 6.14. The zero-order valence-electron chi connectivity index (χ0n) is 10.7. The van der Waals surface area contributed by atoms with Gasteiger partial charge < -0.3 is 19.3 Å². The van der Waals surface area contributed by atoms with Gasteiger partial charge in [-0.1, -0.05) is 0 Å². The van der Waals surface area contributed by atoms with Crippen LogP contribution in [-0.4, -0.2) is 50.3 Å². The number of rotatable bonds is 4. The summed E-state index contributed by atoms with van der Waals surface area (Å²) in [5.41, 5.74) is -0.378. The molecule has 17 heavy (non-hydrogen) atoms. The van der Waals surface area contributed by atoms with Crippen molar-refractivity contribution in [1.29, 1.82) is 0 Å². The molecule has 2 aliphatic heterocycles. The van der Waals surface area contributed by atoms with E-state index in [-0.39, 0.29) is 11.7 Å². The van der Waals surface area contributed by atoms with E-state index in [9.17, 15) is 5.11 Å². The van der Waals surface area contributed by atoms with Crippen molar-refractivity contribution in [2.24, 2.45) is 5.92 Å².